The highest BCUT2D eigenvalue weighted by Gasteiger charge is 1.86. The minimum Gasteiger partial charge on any atom is -0.396 e. The van der Waals surface area contributed by atoms with Gasteiger partial charge in [-0.2, -0.15) is 0 Å². The van der Waals surface area contributed by atoms with Crippen LogP contribution in [0.1, 0.15) is 25.7 Å². The molecule has 0 atom stereocenters. The number of unbranched alkanes of at least 4 members (excludes halogenated alkanes) is 2. The average molecular weight is 157 g/mol. The van der Waals surface area contributed by atoms with Crippen LogP contribution >= 0.6 is 0 Å². The van der Waals surface area contributed by atoms with Crippen LogP contribution in [0.25, 0.3) is 0 Å². The van der Waals surface area contributed by atoms with Crippen molar-refractivity contribution in [2.75, 3.05) is 19.7 Å². The van der Waals surface area contributed by atoms with E-state index in [9.17, 15) is 0 Å². The molecule has 0 aliphatic heterocycles. The van der Waals surface area contributed by atoms with E-state index in [0.717, 1.165) is 38.8 Å². The van der Waals surface area contributed by atoms with Crippen molar-refractivity contribution < 1.29 is 5.11 Å². The monoisotopic (exact) mass is 157 g/mol. The summed E-state index contributed by atoms with van der Waals surface area (Å²) in [6.07, 6.45) is 6.18. The smallest absolute Gasteiger partial charge is 0.0431 e. The maximum Gasteiger partial charge on any atom is 0.0431 e. The number of aliphatic hydroxyl groups is 1. The van der Waals surface area contributed by atoms with Crippen molar-refractivity contribution in [2.24, 2.45) is 0 Å². The van der Waals surface area contributed by atoms with E-state index in [-0.39, 0.29) is 0 Å². The predicted molar refractivity (Wildman–Crippen MR) is 48.6 cm³/mol. The molecule has 0 aliphatic rings. The molecular formula is C9H19NO. The second-order valence-electron chi connectivity index (χ2n) is 2.61. The summed E-state index contributed by atoms with van der Waals surface area (Å²) in [6, 6.07) is 0. The molecule has 0 aromatic rings. The molecule has 0 unspecified atom stereocenters. The zero-order valence-electron chi connectivity index (χ0n) is 7.18. The molecule has 0 fully saturated rings. The molecule has 0 saturated heterocycles. The van der Waals surface area contributed by atoms with Gasteiger partial charge in [0.25, 0.3) is 0 Å². The van der Waals surface area contributed by atoms with E-state index in [1.165, 1.54) is 0 Å². The van der Waals surface area contributed by atoms with Gasteiger partial charge in [0.1, 0.15) is 0 Å². The van der Waals surface area contributed by atoms with E-state index in [0.29, 0.717) is 6.61 Å². The molecule has 0 heterocycles. The Morgan fingerprint density at radius 2 is 2.00 bits per heavy atom. The fraction of sp³-hybridized carbons (Fsp3) is 0.778. The van der Waals surface area contributed by atoms with Crippen LogP contribution < -0.4 is 5.32 Å². The molecule has 0 spiro atoms. The highest BCUT2D eigenvalue weighted by Crippen LogP contribution is 1.91. The van der Waals surface area contributed by atoms with E-state index in [2.05, 4.69) is 11.9 Å². The van der Waals surface area contributed by atoms with Crippen LogP contribution in [0.5, 0.6) is 0 Å². The van der Waals surface area contributed by atoms with E-state index < -0.39 is 0 Å². The molecule has 2 N–H and O–H groups in total. The summed E-state index contributed by atoms with van der Waals surface area (Å²) in [5.41, 5.74) is 0. The Bertz CT molecular complexity index is 83.6. The van der Waals surface area contributed by atoms with E-state index in [1.54, 1.807) is 0 Å². The van der Waals surface area contributed by atoms with Crippen molar-refractivity contribution in [3.8, 4) is 0 Å². The Hall–Kier alpha value is -0.340. The average Bonchev–Trinajstić information content (AvgIpc) is 2.03. The standard InChI is InChI=1S/C9H19NO/c1-2-3-7-10-8-5-4-6-9-11/h2,10-11H,1,3-9H2. The summed E-state index contributed by atoms with van der Waals surface area (Å²) in [6.45, 7) is 6.05. The summed E-state index contributed by atoms with van der Waals surface area (Å²) in [5.74, 6) is 0. The van der Waals surface area contributed by atoms with Gasteiger partial charge in [-0.25, -0.2) is 0 Å². The van der Waals surface area contributed by atoms with Crippen LogP contribution in [0, 0.1) is 0 Å². The fourth-order valence-corrected chi connectivity index (χ4v) is 0.868. The third-order valence-electron chi connectivity index (χ3n) is 1.54. The van der Waals surface area contributed by atoms with Gasteiger partial charge in [0.05, 0.1) is 0 Å². The van der Waals surface area contributed by atoms with Gasteiger partial charge in [0.15, 0.2) is 0 Å². The van der Waals surface area contributed by atoms with Crippen LogP contribution in [-0.2, 0) is 0 Å². The Morgan fingerprint density at radius 3 is 2.64 bits per heavy atom. The van der Waals surface area contributed by atoms with Crippen molar-refractivity contribution in [3.05, 3.63) is 12.7 Å². The Labute approximate surface area is 69.3 Å². The van der Waals surface area contributed by atoms with Gasteiger partial charge < -0.3 is 10.4 Å². The maximum atomic E-state index is 8.47. The molecule has 0 amide bonds. The lowest BCUT2D eigenvalue weighted by Gasteiger charge is -2.00. The van der Waals surface area contributed by atoms with E-state index in [4.69, 9.17) is 5.11 Å². The topological polar surface area (TPSA) is 32.3 Å². The summed E-state index contributed by atoms with van der Waals surface area (Å²) >= 11 is 0. The molecule has 0 radical (unpaired) electrons. The largest absolute Gasteiger partial charge is 0.396 e. The SMILES string of the molecule is C=CCCNCCCCCO. The highest BCUT2D eigenvalue weighted by atomic mass is 16.2. The number of aliphatic hydroxyl groups excluding tert-OH is 1. The Morgan fingerprint density at radius 1 is 1.18 bits per heavy atom. The van der Waals surface area contributed by atoms with Crippen LogP contribution in [0.15, 0.2) is 12.7 Å². The summed E-state index contributed by atoms with van der Waals surface area (Å²) < 4.78 is 0. The van der Waals surface area contributed by atoms with E-state index >= 15 is 0 Å². The molecule has 66 valence electrons. The molecule has 0 aliphatic carbocycles. The van der Waals surface area contributed by atoms with Crippen molar-refractivity contribution in [1.29, 1.82) is 0 Å². The number of nitrogens with one attached hydrogen (secondary N) is 1. The zero-order valence-corrected chi connectivity index (χ0v) is 7.18. The Balaban J connectivity index is 2.74. The molecule has 0 aromatic heterocycles. The summed E-state index contributed by atoms with van der Waals surface area (Å²) in [5, 5.41) is 11.8. The first-order chi connectivity index (χ1) is 5.41. The molecule has 0 rings (SSSR count). The van der Waals surface area contributed by atoms with Crippen LogP contribution in [0.3, 0.4) is 0 Å². The van der Waals surface area contributed by atoms with Crippen molar-refractivity contribution >= 4 is 0 Å². The lowest BCUT2D eigenvalue weighted by Crippen LogP contribution is -2.15. The first-order valence-corrected chi connectivity index (χ1v) is 4.34. The van der Waals surface area contributed by atoms with Crippen molar-refractivity contribution in [3.63, 3.8) is 0 Å². The van der Waals surface area contributed by atoms with Gasteiger partial charge in [-0.05, 0) is 38.8 Å². The van der Waals surface area contributed by atoms with Crippen molar-refractivity contribution in [1.82, 2.24) is 5.32 Å². The van der Waals surface area contributed by atoms with Gasteiger partial charge >= 0.3 is 0 Å². The molecule has 2 nitrogen and oxygen atoms in total. The minimum atomic E-state index is 0.326. The maximum absolute atomic E-state index is 8.47. The number of rotatable bonds is 8. The molecule has 0 saturated carbocycles. The number of hydrogen-bond donors (Lipinski definition) is 2. The van der Waals surface area contributed by atoms with Crippen molar-refractivity contribution in [2.45, 2.75) is 25.7 Å². The van der Waals surface area contributed by atoms with Crippen LogP contribution in [-0.4, -0.2) is 24.8 Å². The van der Waals surface area contributed by atoms with Gasteiger partial charge in [-0.15, -0.1) is 6.58 Å². The minimum absolute atomic E-state index is 0.326. The lowest BCUT2D eigenvalue weighted by atomic mass is 10.2. The molecule has 11 heavy (non-hydrogen) atoms. The van der Waals surface area contributed by atoms with Crippen LogP contribution in [0.4, 0.5) is 0 Å². The molecule has 0 aromatic carbocycles. The molecule has 0 bridgehead atoms. The molecule has 2 heteroatoms. The second kappa shape index (κ2) is 9.66. The third kappa shape index (κ3) is 9.66. The van der Waals surface area contributed by atoms with Gasteiger partial charge in [-0.1, -0.05) is 6.08 Å². The van der Waals surface area contributed by atoms with Gasteiger partial charge in [-0.3, -0.25) is 0 Å². The van der Waals surface area contributed by atoms with Gasteiger partial charge in [0.2, 0.25) is 0 Å². The van der Waals surface area contributed by atoms with Crippen LogP contribution in [0.2, 0.25) is 0 Å². The summed E-state index contributed by atoms with van der Waals surface area (Å²) in [7, 11) is 0. The third-order valence-corrected chi connectivity index (χ3v) is 1.54. The zero-order chi connectivity index (χ0) is 8.36. The fourth-order valence-electron chi connectivity index (χ4n) is 0.868. The lowest BCUT2D eigenvalue weighted by molar-refractivity contribution is 0.283. The number of hydrogen-bond acceptors (Lipinski definition) is 2. The van der Waals surface area contributed by atoms with E-state index in [1.807, 2.05) is 6.08 Å². The molecular weight excluding hydrogens is 138 g/mol. The highest BCUT2D eigenvalue weighted by molar-refractivity contribution is 4.67. The predicted octanol–water partition coefficient (Wildman–Crippen LogP) is 1.31. The first-order valence-electron chi connectivity index (χ1n) is 4.34. The quantitative estimate of drug-likeness (QED) is 0.411. The van der Waals surface area contributed by atoms with Gasteiger partial charge in [0, 0.05) is 6.61 Å². The second-order valence-corrected chi connectivity index (χ2v) is 2.61. The Kier molecular flexibility index (Phi) is 9.36. The normalized spacial score (nSPS) is 9.91. The first kappa shape index (κ1) is 10.7. The summed E-state index contributed by atoms with van der Waals surface area (Å²) in [4.78, 5) is 0.